The van der Waals surface area contributed by atoms with Gasteiger partial charge in [-0.05, 0) is 49.6 Å². The number of carbonyl (C=O) groups excluding carboxylic acids is 1. The molecule has 1 N–H and O–H groups in total. The number of hydrogen-bond donors (Lipinski definition) is 1. The molecule has 3 rings (SSSR count). The molecule has 0 unspecified atom stereocenters. The summed E-state index contributed by atoms with van der Waals surface area (Å²) in [4.78, 5) is 12.1. The van der Waals surface area contributed by atoms with Gasteiger partial charge in [0.25, 0.3) is 5.91 Å². The fraction of sp³-hybridized carbons (Fsp3) is 0.250. The first-order chi connectivity index (χ1) is 13.0. The van der Waals surface area contributed by atoms with Gasteiger partial charge in [0.2, 0.25) is 5.13 Å². The van der Waals surface area contributed by atoms with E-state index < -0.39 is 0 Å². The Kier molecular flexibility index (Phi) is 6.47. The van der Waals surface area contributed by atoms with Gasteiger partial charge >= 0.3 is 0 Å². The number of rotatable bonds is 7. The third-order valence-corrected chi connectivity index (χ3v) is 5.99. The van der Waals surface area contributed by atoms with Crippen molar-refractivity contribution in [2.24, 2.45) is 0 Å². The van der Waals surface area contributed by atoms with Gasteiger partial charge in [0.1, 0.15) is 5.75 Å². The van der Waals surface area contributed by atoms with Crippen LogP contribution >= 0.6 is 23.1 Å². The second kappa shape index (κ2) is 9.01. The Hall–Kier alpha value is -2.38. The molecule has 1 heterocycles. The normalized spacial score (nSPS) is 10.6. The van der Waals surface area contributed by atoms with Crippen LogP contribution in [0.25, 0.3) is 0 Å². The summed E-state index contributed by atoms with van der Waals surface area (Å²) in [6.45, 7) is 6.07. The minimum absolute atomic E-state index is 0.0617. The SMILES string of the molecule is Cc1cccc(CSc2nnc(NC(=O)COc3ccc(C)c(C)c3)s2)c1. The highest BCUT2D eigenvalue weighted by atomic mass is 32.2. The number of amides is 1. The molecule has 0 radical (unpaired) electrons. The maximum absolute atomic E-state index is 12.1. The number of anilines is 1. The maximum Gasteiger partial charge on any atom is 0.264 e. The second-order valence-corrected chi connectivity index (χ2v) is 8.43. The Balaban J connectivity index is 1.48. The molecule has 1 amide bonds. The molecule has 27 heavy (non-hydrogen) atoms. The molecule has 0 bridgehead atoms. The zero-order valence-electron chi connectivity index (χ0n) is 15.5. The van der Waals surface area contributed by atoms with E-state index in [0.29, 0.717) is 10.9 Å². The summed E-state index contributed by atoms with van der Waals surface area (Å²) in [5.41, 5.74) is 4.80. The van der Waals surface area contributed by atoms with Crippen LogP contribution in [-0.4, -0.2) is 22.7 Å². The summed E-state index contributed by atoms with van der Waals surface area (Å²) in [7, 11) is 0. The molecule has 2 aromatic carbocycles. The summed E-state index contributed by atoms with van der Waals surface area (Å²) >= 11 is 2.97. The first-order valence-electron chi connectivity index (χ1n) is 8.51. The predicted octanol–water partition coefficient (Wildman–Crippen LogP) is 4.77. The number of carbonyl (C=O) groups is 1. The number of thioether (sulfide) groups is 1. The van der Waals surface area contributed by atoms with Crippen LogP contribution in [0.15, 0.2) is 46.8 Å². The summed E-state index contributed by atoms with van der Waals surface area (Å²) in [5, 5.41) is 11.4. The van der Waals surface area contributed by atoms with Crippen molar-refractivity contribution in [1.82, 2.24) is 10.2 Å². The standard InChI is InChI=1S/C20H21N3O2S2/c1-13-5-4-6-16(9-13)12-26-20-23-22-19(27-20)21-18(24)11-25-17-8-7-14(2)15(3)10-17/h4-10H,11-12H2,1-3H3,(H,21,22,24). The third kappa shape index (κ3) is 5.80. The van der Waals surface area contributed by atoms with E-state index in [9.17, 15) is 4.79 Å². The van der Waals surface area contributed by atoms with Crippen LogP contribution in [0, 0.1) is 20.8 Å². The number of aromatic nitrogens is 2. The van der Waals surface area contributed by atoms with Crippen LogP contribution in [0.5, 0.6) is 5.75 Å². The quantitative estimate of drug-likeness (QED) is 0.458. The second-order valence-electron chi connectivity index (χ2n) is 6.23. The molecule has 0 aliphatic rings. The van der Waals surface area contributed by atoms with Gasteiger partial charge in [0, 0.05) is 5.75 Å². The van der Waals surface area contributed by atoms with Gasteiger partial charge in [-0.15, -0.1) is 10.2 Å². The van der Waals surface area contributed by atoms with Crippen LogP contribution in [0.3, 0.4) is 0 Å². The van der Waals surface area contributed by atoms with E-state index in [-0.39, 0.29) is 12.5 Å². The van der Waals surface area contributed by atoms with E-state index in [1.54, 1.807) is 11.8 Å². The zero-order valence-corrected chi connectivity index (χ0v) is 17.1. The number of benzene rings is 2. The molecule has 5 nitrogen and oxygen atoms in total. The van der Waals surface area contributed by atoms with Gasteiger partial charge in [-0.2, -0.15) is 0 Å². The highest BCUT2D eigenvalue weighted by Gasteiger charge is 2.10. The van der Waals surface area contributed by atoms with Crippen molar-refractivity contribution in [1.29, 1.82) is 0 Å². The summed E-state index contributed by atoms with van der Waals surface area (Å²) in [6, 6.07) is 14.1. The molecule has 3 aromatic rings. The van der Waals surface area contributed by atoms with E-state index in [2.05, 4.69) is 40.6 Å². The van der Waals surface area contributed by atoms with Crippen LogP contribution in [0.4, 0.5) is 5.13 Å². The summed E-state index contributed by atoms with van der Waals surface area (Å²) < 4.78 is 6.36. The lowest BCUT2D eigenvalue weighted by Crippen LogP contribution is -2.20. The van der Waals surface area contributed by atoms with Gasteiger partial charge in [-0.25, -0.2) is 0 Å². The minimum Gasteiger partial charge on any atom is -0.484 e. The number of nitrogens with one attached hydrogen (secondary N) is 1. The maximum atomic E-state index is 12.1. The van der Waals surface area contributed by atoms with Crippen LogP contribution in [-0.2, 0) is 10.5 Å². The molecule has 0 atom stereocenters. The number of hydrogen-bond acceptors (Lipinski definition) is 6. The first kappa shape index (κ1) is 19.4. The van der Waals surface area contributed by atoms with Crippen molar-refractivity contribution < 1.29 is 9.53 Å². The Labute approximate surface area is 167 Å². The lowest BCUT2D eigenvalue weighted by molar-refractivity contribution is -0.118. The monoisotopic (exact) mass is 399 g/mol. The Morgan fingerprint density at radius 1 is 1.11 bits per heavy atom. The van der Waals surface area contributed by atoms with Crippen LogP contribution in [0.1, 0.15) is 22.3 Å². The summed E-state index contributed by atoms with van der Waals surface area (Å²) in [6.07, 6.45) is 0. The van der Waals surface area contributed by atoms with E-state index in [4.69, 9.17) is 4.74 Å². The number of aryl methyl sites for hydroxylation is 3. The van der Waals surface area contributed by atoms with Crippen molar-refractivity contribution in [2.45, 2.75) is 30.9 Å². The lowest BCUT2D eigenvalue weighted by atomic mass is 10.1. The Morgan fingerprint density at radius 3 is 2.74 bits per heavy atom. The van der Waals surface area contributed by atoms with Gasteiger partial charge in [0.05, 0.1) is 0 Å². The van der Waals surface area contributed by atoms with Crippen molar-refractivity contribution in [2.75, 3.05) is 11.9 Å². The molecule has 140 valence electrons. The number of nitrogens with zero attached hydrogens (tertiary/aromatic N) is 2. The largest absolute Gasteiger partial charge is 0.484 e. The van der Waals surface area contributed by atoms with Crippen molar-refractivity contribution in [3.05, 3.63) is 64.7 Å². The highest BCUT2D eigenvalue weighted by Crippen LogP contribution is 2.28. The Morgan fingerprint density at radius 2 is 1.96 bits per heavy atom. The fourth-order valence-electron chi connectivity index (χ4n) is 2.37. The smallest absolute Gasteiger partial charge is 0.264 e. The molecule has 0 saturated carbocycles. The zero-order chi connectivity index (χ0) is 19.2. The minimum atomic E-state index is -0.250. The molecule has 0 saturated heterocycles. The topological polar surface area (TPSA) is 64.1 Å². The van der Waals surface area contributed by atoms with Gasteiger partial charge < -0.3 is 4.74 Å². The first-order valence-corrected chi connectivity index (χ1v) is 10.3. The molecule has 0 aliphatic carbocycles. The number of ether oxygens (including phenoxy) is 1. The van der Waals surface area contributed by atoms with Crippen molar-refractivity contribution in [3.63, 3.8) is 0 Å². The highest BCUT2D eigenvalue weighted by molar-refractivity contribution is 8.00. The predicted molar refractivity (Wildman–Crippen MR) is 111 cm³/mol. The molecular formula is C20H21N3O2S2. The van der Waals surface area contributed by atoms with E-state index in [0.717, 1.165) is 15.7 Å². The third-order valence-electron chi connectivity index (χ3n) is 3.95. The van der Waals surface area contributed by atoms with Gasteiger partial charge in [0.15, 0.2) is 10.9 Å². The molecule has 1 aromatic heterocycles. The molecule has 7 heteroatoms. The average molecular weight is 400 g/mol. The molecule has 0 aliphatic heterocycles. The molecular weight excluding hydrogens is 378 g/mol. The summed E-state index contributed by atoms with van der Waals surface area (Å²) in [5.74, 6) is 1.25. The van der Waals surface area contributed by atoms with Crippen LogP contribution < -0.4 is 10.1 Å². The fourth-order valence-corrected chi connectivity index (χ4v) is 4.08. The van der Waals surface area contributed by atoms with Gasteiger partial charge in [-0.3, -0.25) is 10.1 Å². The van der Waals surface area contributed by atoms with E-state index in [1.165, 1.54) is 28.0 Å². The lowest BCUT2D eigenvalue weighted by Gasteiger charge is -2.07. The Bertz CT molecular complexity index is 940. The molecule has 0 fully saturated rings. The van der Waals surface area contributed by atoms with E-state index in [1.807, 2.05) is 38.1 Å². The molecule has 0 spiro atoms. The van der Waals surface area contributed by atoms with Crippen molar-refractivity contribution in [3.8, 4) is 5.75 Å². The van der Waals surface area contributed by atoms with Crippen molar-refractivity contribution >= 4 is 34.1 Å². The van der Waals surface area contributed by atoms with Crippen LogP contribution in [0.2, 0.25) is 0 Å². The van der Waals surface area contributed by atoms with Gasteiger partial charge in [-0.1, -0.05) is 59.0 Å². The average Bonchev–Trinajstić information content (AvgIpc) is 3.08. The van der Waals surface area contributed by atoms with E-state index >= 15 is 0 Å².